The minimum atomic E-state index is -2.80. The first-order chi connectivity index (χ1) is 17.3. The summed E-state index contributed by atoms with van der Waals surface area (Å²) in [6.45, 7) is 2.53. The van der Waals surface area contributed by atoms with Crippen LogP contribution in [0.2, 0.25) is 5.28 Å². The Morgan fingerprint density at radius 2 is 2.06 bits per heavy atom. The Bertz CT molecular complexity index is 1510. The number of thiophene rings is 1. The number of fused-ring (bicyclic) bond motifs is 5. The Kier molecular flexibility index (Phi) is 5.52. The number of rotatable bonds is 3. The van der Waals surface area contributed by atoms with E-state index in [-0.39, 0.29) is 35.6 Å². The number of pyridine rings is 1. The maximum absolute atomic E-state index is 13.9. The highest BCUT2D eigenvalue weighted by Crippen LogP contribution is 2.41. The monoisotopic (exact) mass is 530 g/mol. The average molecular weight is 531 g/mol. The second kappa shape index (κ2) is 8.63. The predicted octanol–water partition coefficient (Wildman–Crippen LogP) is 4.81. The minimum absolute atomic E-state index is 0.0179. The second-order valence-electron chi connectivity index (χ2n) is 9.00. The molecule has 6 rings (SSSR count). The SMILES string of the molecule is C[C@@H]1CNc2c(sc3ccc4nc(Nc5nc(Cl)nc(N6CCCC(F)(F)C6)n5)ccc4c23)C(=O)N1. The fourth-order valence-electron chi connectivity index (χ4n) is 4.58. The van der Waals surface area contributed by atoms with Crippen molar-refractivity contribution < 1.29 is 13.6 Å². The summed E-state index contributed by atoms with van der Waals surface area (Å²) in [7, 11) is 0. The van der Waals surface area contributed by atoms with Crippen molar-refractivity contribution in [2.45, 2.75) is 31.7 Å². The molecule has 1 aromatic carbocycles. The number of nitrogens with zero attached hydrogens (tertiary/aromatic N) is 5. The van der Waals surface area contributed by atoms with Gasteiger partial charge in [0.1, 0.15) is 10.7 Å². The lowest BCUT2D eigenvalue weighted by atomic mass is 10.1. The lowest BCUT2D eigenvalue weighted by molar-refractivity contribution is -0.0120. The van der Waals surface area contributed by atoms with Crippen LogP contribution in [0.4, 0.5) is 32.2 Å². The van der Waals surface area contributed by atoms with Crippen LogP contribution in [0.5, 0.6) is 0 Å². The summed E-state index contributed by atoms with van der Waals surface area (Å²) in [4.78, 5) is 31.8. The molecule has 2 aliphatic rings. The Morgan fingerprint density at radius 3 is 2.89 bits per heavy atom. The second-order valence-corrected chi connectivity index (χ2v) is 10.4. The average Bonchev–Trinajstić information content (AvgIpc) is 3.14. The summed E-state index contributed by atoms with van der Waals surface area (Å²) < 4.78 is 28.8. The predicted molar refractivity (Wildman–Crippen MR) is 137 cm³/mol. The van der Waals surface area contributed by atoms with Crippen LogP contribution in [0.25, 0.3) is 21.0 Å². The molecular formula is C23H21ClF2N8OS. The van der Waals surface area contributed by atoms with Crippen LogP contribution in [0.3, 0.4) is 0 Å². The van der Waals surface area contributed by atoms with Crippen LogP contribution in [-0.4, -0.2) is 57.4 Å². The van der Waals surface area contributed by atoms with Crippen molar-refractivity contribution in [1.29, 1.82) is 0 Å². The molecule has 13 heteroatoms. The normalized spacial score (nSPS) is 19.5. The van der Waals surface area contributed by atoms with Gasteiger partial charge in [-0.25, -0.2) is 13.8 Å². The molecule has 0 saturated carbocycles. The molecule has 0 unspecified atom stereocenters. The molecule has 3 N–H and O–H groups in total. The lowest BCUT2D eigenvalue weighted by Gasteiger charge is -2.32. The first-order valence-corrected chi connectivity index (χ1v) is 12.7. The first-order valence-electron chi connectivity index (χ1n) is 11.5. The van der Waals surface area contributed by atoms with E-state index in [1.807, 2.05) is 25.1 Å². The van der Waals surface area contributed by atoms with Crippen LogP contribution in [-0.2, 0) is 0 Å². The van der Waals surface area contributed by atoms with Crippen LogP contribution in [0, 0.1) is 0 Å². The van der Waals surface area contributed by atoms with Gasteiger partial charge in [0.2, 0.25) is 17.2 Å². The molecule has 9 nitrogen and oxygen atoms in total. The van der Waals surface area contributed by atoms with E-state index < -0.39 is 12.5 Å². The largest absolute Gasteiger partial charge is 0.381 e. The van der Waals surface area contributed by atoms with Gasteiger partial charge in [0.25, 0.3) is 11.8 Å². The van der Waals surface area contributed by atoms with Crippen molar-refractivity contribution in [2.75, 3.05) is 35.2 Å². The number of carbonyl (C=O) groups is 1. The molecule has 0 spiro atoms. The summed E-state index contributed by atoms with van der Waals surface area (Å²) in [6.07, 6.45) is 0.176. The minimum Gasteiger partial charge on any atom is -0.381 e. The topological polar surface area (TPSA) is 108 Å². The maximum Gasteiger partial charge on any atom is 0.265 e. The number of halogens is 3. The molecule has 36 heavy (non-hydrogen) atoms. The zero-order valence-corrected chi connectivity index (χ0v) is 20.7. The van der Waals surface area contributed by atoms with Crippen molar-refractivity contribution in [3.05, 3.63) is 34.4 Å². The third kappa shape index (κ3) is 4.24. The van der Waals surface area contributed by atoms with E-state index in [2.05, 4.69) is 35.9 Å². The summed E-state index contributed by atoms with van der Waals surface area (Å²) in [5.41, 5.74) is 1.53. The van der Waals surface area contributed by atoms with Crippen LogP contribution >= 0.6 is 22.9 Å². The van der Waals surface area contributed by atoms with Gasteiger partial charge in [-0.2, -0.15) is 15.0 Å². The van der Waals surface area contributed by atoms with E-state index >= 15 is 0 Å². The smallest absolute Gasteiger partial charge is 0.265 e. The molecule has 1 amide bonds. The Hall–Kier alpha value is -3.38. The van der Waals surface area contributed by atoms with Gasteiger partial charge in [0.05, 0.1) is 17.7 Å². The molecule has 0 aliphatic carbocycles. The highest BCUT2D eigenvalue weighted by atomic mass is 35.5. The number of benzene rings is 1. The molecule has 186 valence electrons. The van der Waals surface area contributed by atoms with E-state index in [9.17, 15) is 13.6 Å². The third-order valence-corrected chi connectivity index (χ3v) is 7.53. The van der Waals surface area contributed by atoms with Crippen LogP contribution in [0.1, 0.15) is 29.4 Å². The van der Waals surface area contributed by atoms with Gasteiger partial charge in [-0.3, -0.25) is 4.79 Å². The zero-order valence-electron chi connectivity index (χ0n) is 19.1. The van der Waals surface area contributed by atoms with Crippen molar-refractivity contribution >= 4 is 73.2 Å². The number of piperidine rings is 1. The fourth-order valence-corrected chi connectivity index (χ4v) is 5.84. The Labute approximate surface area is 213 Å². The van der Waals surface area contributed by atoms with Gasteiger partial charge >= 0.3 is 0 Å². The molecule has 1 fully saturated rings. The highest BCUT2D eigenvalue weighted by Gasteiger charge is 2.36. The van der Waals surface area contributed by atoms with E-state index in [4.69, 9.17) is 11.6 Å². The van der Waals surface area contributed by atoms with E-state index in [0.717, 1.165) is 21.2 Å². The number of amides is 1. The molecule has 4 aromatic rings. The van der Waals surface area contributed by atoms with Crippen LogP contribution < -0.4 is 20.9 Å². The standard InChI is InChI=1S/C23H21ClF2N8OS/c1-11-9-27-17-16-12-3-6-15(29-13(12)4-5-14(16)36-18(17)19(35)28-11)30-21-31-20(24)32-22(33-21)34-8-2-7-23(25,26)10-34/h3-6,11,27H,2,7-10H2,1H3,(H,28,35)(H,29,30,31,32,33)/t11-/m1/s1. The van der Waals surface area contributed by atoms with Crippen molar-refractivity contribution in [2.24, 2.45) is 0 Å². The number of alkyl halides is 2. The van der Waals surface area contributed by atoms with Gasteiger partial charge < -0.3 is 20.9 Å². The molecule has 0 radical (unpaired) electrons. The van der Waals surface area contributed by atoms with Crippen molar-refractivity contribution in [3.8, 4) is 0 Å². The van der Waals surface area contributed by atoms with Crippen molar-refractivity contribution in [1.82, 2.24) is 25.3 Å². The van der Waals surface area contributed by atoms with Gasteiger partial charge in [0, 0.05) is 41.0 Å². The van der Waals surface area contributed by atoms with E-state index in [1.165, 1.54) is 16.2 Å². The Balaban J connectivity index is 1.34. The number of hydrogen-bond acceptors (Lipinski definition) is 9. The van der Waals surface area contributed by atoms with Gasteiger partial charge in [-0.05, 0) is 49.2 Å². The molecule has 0 bridgehead atoms. The van der Waals surface area contributed by atoms with Crippen molar-refractivity contribution in [3.63, 3.8) is 0 Å². The summed E-state index contributed by atoms with van der Waals surface area (Å²) in [5, 5.41) is 11.2. The molecular weight excluding hydrogens is 510 g/mol. The number of anilines is 4. The molecule has 5 heterocycles. The molecule has 2 aliphatic heterocycles. The summed E-state index contributed by atoms with van der Waals surface area (Å²) >= 11 is 7.53. The third-order valence-electron chi connectivity index (χ3n) is 6.20. The number of hydrogen-bond donors (Lipinski definition) is 3. The first kappa shape index (κ1) is 23.0. The number of nitrogens with one attached hydrogen (secondary N) is 3. The number of aromatic nitrogens is 4. The summed E-state index contributed by atoms with van der Waals surface area (Å²) in [5.74, 6) is -2.22. The zero-order chi connectivity index (χ0) is 25.0. The molecule has 1 saturated heterocycles. The van der Waals surface area contributed by atoms with Crippen LogP contribution in [0.15, 0.2) is 24.3 Å². The van der Waals surface area contributed by atoms with E-state index in [1.54, 1.807) is 6.07 Å². The highest BCUT2D eigenvalue weighted by molar-refractivity contribution is 7.21. The van der Waals surface area contributed by atoms with E-state index in [0.29, 0.717) is 35.7 Å². The fraction of sp³-hybridized carbons (Fsp3) is 0.348. The number of carbonyl (C=O) groups excluding carboxylic acids is 1. The van der Waals surface area contributed by atoms with Gasteiger partial charge in [-0.1, -0.05) is 0 Å². The maximum atomic E-state index is 13.9. The summed E-state index contributed by atoms with van der Waals surface area (Å²) in [6, 6.07) is 7.55. The quantitative estimate of drug-likeness (QED) is 0.346. The Morgan fingerprint density at radius 1 is 1.19 bits per heavy atom. The van der Waals surface area contributed by atoms with Gasteiger partial charge in [0.15, 0.2) is 0 Å². The molecule has 3 aromatic heterocycles. The van der Waals surface area contributed by atoms with Gasteiger partial charge in [-0.15, -0.1) is 11.3 Å². The molecule has 1 atom stereocenters. The lowest BCUT2D eigenvalue weighted by Crippen LogP contribution is -2.43.